The fourth-order valence-electron chi connectivity index (χ4n) is 2.65. The smallest absolute Gasteiger partial charge is 0.227 e. The van der Waals surface area contributed by atoms with E-state index in [1.54, 1.807) is 16.8 Å². The zero-order chi connectivity index (χ0) is 17.6. The van der Waals surface area contributed by atoms with Crippen molar-refractivity contribution >= 4 is 17.5 Å². The third-order valence-corrected chi connectivity index (χ3v) is 4.20. The second-order valence-corrected chi connectivity index (χ2v) is 6.01. The Morgan fingerprint density at radius 2 is 1.88 bits per heavy atom. The summed E-state index contributed by atoms with van der Waals surface area (Å²) in [5, 5.41) is 15.2. The van der Waals surface area contributed by atoms with E-state index in [4.69, 9.17) is 11.6 Å². The zero-order valence-corrected chi connectivity index (χ0v) is 14.5. The van der Waals surface area contributed by atoms with Crippen molar-refractivity contribution in [3.8, 4) is 5.69 Å². The molecule has 0 fully saturated rings. The highest BCUT2D eigenvalue weighted by Gasteiger charge is 2.19. The van der Waals surface area contributed by atoms with Gasteiger partial charge in [0.1, 0.15) is 0 Å². The summed E-state index contributed by atoms with van der Waals surface area (Å²) in [5.74, 6) is 0.319. The molecule has 3 rings (SSSR count). The van der Waals surface area contributed by atoms with Crippen LogP contribution in [0.2, 0.25) is 5.02 Å². The summed E-state index contributed by atoms with van der Waals surface area (Å²) in [6.45, 7) is 2.24. The van der Waals surface area contributed by atoms with Gasteiger partial charge >= 0.3 is 0 Å². The van der Waals surface area contributed by atoms with Gasteiger partial charge in [0.15, 0.2) is 5.82 Å². The number of carbonyl (C=O) groups is 1. The lowest BCUT2D eigenvalue weighted by molar-refractivity contribution is -0.122. The predicted octanol–water partition coefficient (Wildman–Crippen LogP) is 3.13. The topological polar surface area (TPSA) is 72.7 Å². The highest BCUT2D eigenvalue weighted by Crippen LogP contribution is 2.19. The minimum atomic E-state index is -0.193. The molecule has 0 aliphatic rings. The van der Waals surface area contributed by atoms with E-state index in [0.29, 0.717) is 10.8 Å². The van der Waals surface area contributed by atoms with E-state index in [9.17, 15) is 4.79 Å². The maximum absolute atomic E-state index is 12.6. The minimum Gasteiger partial charge on any atom is -0.348 e. The van der Waals surface area contributed by atoms with Crippen LogP contribution in [0.1, 0.15) is 30.7 Å². The highest BCUT2D eigenvalue weighted by atomic mass is 35.5. The molecule has 0 unspecified atom stereocenters. The van der Waals surface area contributed by atoms with Gasteiger partial charge in [-0.25, -0.2) is 0 Å². The molecule has 0 radical (unpaired) electrons. The summed E-state index contributed by atoms with van der Waals surface area (Å²) >= 11 is 5.91. The van der Waals surface area contributed by atoms with Crippen LogP contribution in [0.15, 0.2) is 54.6 Å². The monoisotopic (exact) mass is 355 g/mol. The Balaban J connectivity index is 1.71. The number of tetrazole rings is 1. The zero-order valence-electron chi connectivity index (χ0n) is 13.8. The molecular formula is C18H18ClN5O. The Hall–Kier alpha value is -2.73. The lowest BCUT2D eigenvalue weighted by Crippen LogP contribution is -2.29. The van der Waals surface area contributed by atoms with Gasteiger partial charge in [-0.1, -0.05) is 48.9 Å². The van der Waals surface area contributed by atoms with Crippen LogP contribution in [0.25, 0.3) is 5.69 Å². The van der Waals surface area contributed by atoms with Gasteiger partial charge in [0.2, 0.25) is 5.91 Å². The minimum absolute atomic E-state index is 0.0423. The summed E-state index contributed by atoms with van der Waals surface area (Å²) in [7, 11) is 0. The number of carbonyl (C=O) groups excluding carboxylic acids is 1. The maximum atomic E-state index is 12.6. The first-order valence-electron chi connectivity index (χ1n) is 8.05. The van der Waals surface area contributed by atoms with Crippen molar-refractivity contribution in [1.29, 1.82) is 0 Å². The van der Waals surface area contributed by atoms with Gasteiger partial charge in [0.05, 0.1) is 18.2 Å². The highest BCUT2D eigenvalue weighted by molar-refractivity contribution is 6.30. The summed E-state index contributed by atoms with van der Waals surface area (Å²) in [6.07, 6.45) is 0.720. The molecule has 1 aromatic heterocycles. The molecular weight excluding hydrogens is 338 g/mol. The summed E-state index contributed by atoms with van der Waals surface area (Å²) in [4.78, 5) is 12.6. The molecule has 25 heavy (non-hydrogen) atoms. The summed E-state index contributed by atoms with van der Waals surface area (Å²) in [5.41, 5.74) is 1.79. The molecule has 0 aliphatic heterocycles. The summed E-state index contributed by atoms with van der Waals surface area (Å²) < 4.78 is 1.58. The van der Waals surface area contributed by atoms with Crippen molar-refractivity contribution in [2.24, 2.45) is 0 Å². The average molecular weight is 356 g/mol. The normalized spacial score (nSPS) is 11.9. The fraction of sp³-hybridized carbons (Fsp3) is 0.222. The van der Waals surface area contributed by atoms with Gasteiger partial charge in [-0.15, -0.1) is 5.10 Å². The first-order chi connectivity index (χ1) is 12.2. The molecule has 1 N–H and O–H groups in total. The lowest BCUT2D eigenvalue weighted by atomic mass is 9.96. The van der Waals surface area contributed by atoms with E-state index >= 15 is 0 Å². The Bertz CT molecular complexity index is 832. The van der Waals surface area contributed by atoms with Gasteiger partial charge in [0.25, 0.3) is 0 Å². The standard InChI is InChI=1S/C18H18ClN5O/c1-2-16(13-6-4-3-5-7-13)18(25)20-12-17-21-22-23-24(17)15-10-8-14(19)9-11-15/h3-11,16H,2,12H2,1H3,(H,20,25)/t16-/m1/s1. The van der Waals surface area contributed by atoms with Crippen molar-refractivity contribution in [3.63, 3.8) is 0 Å². The number of nitrogens with zero attached hydrogens (tertiary/aromatic N) is 4. The number of nitrogens with one attached hydrogen (secondary N) is 1. The Kier molecular flexibility index (Phi) is 5.40. The van der Waals surface area contributed by atoms with Crippen LogP contribution in [0.3, 0.4) is 0 Å². The number of halogens is 1. The summed E-state index contributed by atoms with van der Waals surface area (Å²) in [6, 6.07) is 16.9. The van der Waals surface area contributed by atoms with Crippen molar-refractivity contribution in [3.05, 3.63) is 71.0 Å². The number of hydrogen-bond donors (Lipinski definition) is 1. The molecule has 6 nitrogen and oxygen atoms in total. The van der Waals surface area contributed by atoms with Crippen LogP contribution in [0.4, 0.5) is 0 Å². The molecule has 0 aliphatic carbocycles. The average Bonchev–Trinajstić information content (AvgIpc) is 3.11. The molecule has 3 aromatic rings. The van der Waals surface area contributed by atoms with E-state index in [-0.39, 0.29) is 18.4 Å². The second kappa shape index (κ2) is 7.90. The van der Waals surface area contributed by atoms with Crippen LogP contribution in [0, 0.1) is 0 Å². The van der Waals surface area contributed by atoms with Gasteiger partial charge in [-0.05, 0) is 46.7 Å². The van der Waals surface area contributed by atoms with Crippen molar-refractivity contribution in [1.82, 2.24) is 25.5 Å². The van der Waals surface area contributed by atoms with E-state index in [0.717, 1.165) is 17.7 Å². The third kappa shape index (κ3) is 4.03. The van der Waals surface area contributed by atoms with Gasteiger partial charge in [-0.2, -0.15) is 4.68 Å². The fourth-order valence-corrected chi connectivity index (χ4v) is 2.77. The molecule has 1 heterocycles. The number of rotatable bonds is 6. The largest absolute Gasteiger partial charge is 0.348 e. The Morgan fingerprint density at radius 3 is 2.56 bits per heavy atom. The molecule has 1 atom stereocenters. The van der Waals surface area contributed by atoms with E-state index < -0.39 is 0 Å². The van der Waals surface area contributed by atoms with Gasteiger partial charge < -0.3 is 5.32 Å². The molecule has 7 heteroatoms. The van der Waals surface area contributed by atoms with Crippen LogP contribution < -0.4 is 5.32 Å². The molecule has 0 spiro atoms. The van der Waals surface area contributed by atoms with Crippen molar-refractivity contribution < 1.29 is 4.79 Å². The van der Waals surface area contributed by atoms with E-state index in [1.807, 2.05) is 49.4 Å². The molecule has 128 valence electrons. The number of aromatic nitrogens is 4. The van der Waals surface area contributed by atoms with Crippen LogP contribution >= 0.6 is 11.6 Å². The molecule has 1 amide bonds. The first-order valence-corrected chi connectivity index (χ1v) is 8.42. The number of hydrogen-bond acceptors (Lipinski definition) is 4. The van der Waals surface area contributed by atoms with Crippen molar-refractivity contribution in [2.75, 3.05) is 0 Å². The van der Waals surface area contributed by atoms with Crippen LogP contribution in [-0.4, -0.2) is 26.1 Å². The lowest BCUT2D eigenvalue weighted by Gasteiger charge is -2.15. The molecule has 0 bridgehead atoms. The predicted molar refractivity (Wildman–Crippen MR) is 95.5 cm³/mol. The Morgan fingerprint density at radius 1 is 1.16 bits per heavy atom. The molecule has 2 aromatic carbocycles. The van der Waals surface area contributed by atoms with E-state index in [2.05, 4.69) is 20.8 Å². The van der Waals surface area contributed by atoms with Crippen LogP contribution in [0.5, 0.6) is 0 Å². The number of amides is 1. The SMILES string of the molecule is CC[C@@H](C(=O)NCc1nnnn1-c1ccc(Cl)cc1)c1ccccc1. The Labute approximate surface area is 150 Å². The third-order valence-electron chi connectivity index (χ3n) is 3.95. The molecule has 0 saturated heterocycles. The number of benzene rings is 2. The van der Waals surface area contributed by atoms with Gasteiger partial charge in [-0.3, -0.25) is 4.79 Å². The van der Waals surface area contributed by atoms with Crippen LogP contribution in [-0.2, 0) is 11.3 Å². The quantitative estimate of drug-likeness (QED) is 0.737. The van der Waals surface area contributed by atoms with E-state index in [1.165, 1.54) is 0 Å². The second-order valence-electron chi connectivity index (χ2n) is 5.57. The maximum Gasteiger partial charge on any atom is 0.227 e. The van der Waals surface area contributed by atoms with Crippen molar-refractivity contribution in [2.45, 2.75) is 25.8 Å². The first kappa shape index (κ1) is 17.1. The molecule has 0 saturated carbocycles. The van der Waals surface area contributed by atoms with Gasteiger partial charge in [0, 0.05) is 5.02 Å².